The zero-order chi connectivity index (χ0) is 14.7. The molecular formula is C15H24ClN3O. The molecule has 0 aliphatic carbocycles. The highest BCUT2D eigenvalue weighted by atomic mass is 35.5. The molecule has 2 atom stereocenters. The molecule has 0 bridgehead atoms. The van der Waals surface area contributed by atoms with Gasteiger partial charge in [-0.2, -0.15) is 0 Å². The van der Waals surface area contributed by atoms with Crippen molar-refractivity contribution in [3.8, 4) is 0 Å². The van der Waals surface area contributed by atoms with E-state index in [1.54, 1.807) is 6.07 Å². The molecule has 0 saturated carbocycles. The molecule has 1 aliphatic heterocycles. The fraction of sp³-hybridized carbons (Fsp3) is 0.667. The van der Waals surface area contributed by atoms with Crippen LogP contribution in [0.25, 0.3) is 0 Å². The van der Waals surface area contributed by atoms with E-state index in [4.69, 9.17) is 17.3 Å². The Morgan fingerprint density at radius 1 is 1.60 bits per heavy atom. The van der Waals surface area contributed by atoms with Crippen molar-refractivity contribution in [1.82, 2.24) is 9.47 Å². The van der Waals surface area contributed by atoms with Crippen LogP contribution in [-0.2, 0) is 6.54 Å². The van der Waals surface area contributed by atoms with Gasteiger partial charge in [0.2, 0.25) is 0 Å². The number of aromatic nitrogens is 1. The first-order chi connectivity index (χ1) is 9.52. The van der Waals surface area contributed by atoms with E-state index in [0.717, 1.165) is 38.9 Å². The number of likely N-dealkylation sites (tertiary alicyclic amines) is 1. The fourth-order valence-corrected chi connectivity index (χ4v) is 3.09. The van der Waals surface area contributed by atoms with Gasteiger partial charge in [0.05, 0.1) is 5.02 Å². The second kappa shape index (κ2) is 6.64. The number of piperidine rings is 1. The van der Waals surface area contributed by atoms with Crippen LogP contribution in [0.15, 0.2) is 12.3 Å². The minimum atomic E-state index is 0.0794. The summed E-state index contributed by atoms with van der Waals surface area (Å²) in [7, 11) is 0. The largest absolute Gasteiger partial charge is 0.342 e. The number of rotatable bonds is 4. The zero-order valence-corrected chi connectivity index (χ0v) is 13.1. The number of halogens is 1. The van der Waals surface area contributed by atoms with Gasteiger partial charge in [-0.3, -0.25) is 4.79 Å². The summed E-state index contributed by atoms with van der Waals surface area (Å²) in [5, 5.41) is 0.627. The Hall–Kier alpha value is -1.00. The van der Waals surface area contributed by atoms with Crippen molar-refractivity contribution >= 4 is 17.5 Å². The molecule has 20 heavy (non-hydrogen) atoms. The van der Waals surface area contributed by atoms with Gasteiger partial charge in [-0.15, -0.1) is 0 Å². The van der Waals surface area contributed by atoms with Crippen LogP contribution >= 0.6 is 11.6 Å². The van der Waals surface area contributed by atoms with Crippen molar-refractivity contribution < 1.29 is 4.79 Å². The Morgan fingerprint density at radius 2 is 2.35 bits per heavy atom. The Morgan fingerprint density at radius 3 is 3.00 bits per heavy atom. The molecule has 1 amide bonds. The topological polar surface area (TPSA) is 51.3 Å². The molecule has 1 saturated heterocycles. The molecule has 4 nitrogen and oxygen atoms in total. The van der Waals surface area contributed by atoms with E-state index in [1.165, 1.54) is 0 Å². The van der Waals surface area contributed by atoms with Crippen LogP contribution in [0.3, 0.4) is 0 Å². The standard InChI is InChI=1S/C15H24ClN3O/c1-3-6-18-10-13(16)8-14(18)15(20)19-7-4-5-12(9-19)11(2)17/h8,10-12H,3-7,9,17H2,1-2H3. The van der Waals surface area contributed by atoms with Gasteiger partial charge in [-0.1, -0.05) is 18.5 Å². The molecule has 112 valence electrons. The van der Waals surface area contributed by atoms with Gasteiger partial charge >= 0.3 is 0 Å². The number of carbonyl (C=O) groups excluding carboxylic acids is 1. The number of aryl methyl sites for hydroxylation is 1. The van der Waals surface area contributed by atoms with Gasteiger partial charge in [0.1, 0.15) is 5.69 Å². The van der Waals surface area contributed by atoms with Gasteiger partial charge in [0.25, 0.3) is 5.91 Å². The predicted octanol–water partition coefficient (Wildman–Crippen LogP) is 2.75. The average Bonchev–Trinajstić information content (AvgIpc) is 2.79. The monoisotopic (exact) mass is 297 g/mol. The molecule has 1 aromatic rings. The van der Waals surface area contributed by atoms with E-state index in [0.29, 0.717) is 16.6 Å². The number of nitrogens with two attached hydrogens (primary N) is 1. The van der Waals surface area contributed by atoms with Gasteiger partial charge < -0.3 is 15.2 Å². The Kier molecular flexibility index (Phi) is 5.11. The second-order valence-electron chi connectivity index (χ2n) is 5.75. The number of carbonyl (C=O) groups is 1. The molecule has 0 spiro atoms. The SMILES string of the molecule is CCCn1cc(Cl)cc1C(=O)N1CCCC(C(C)N)C1. The molecule has 5 heteroatoms. The number of nitrogens with zero attached hydrogens (tertiary/aromatic N) is 2. The molecule has 2 rings (SSSR count). The first-order valence-corrected chi connectivity index (χ1v) is 7.81. The van der Waals surface area contributed by atoms with Gasteiger partial charge in [0, 0.05) is 31.9 Å². The lowest BCUT2D eigenvalue weighted by Gasteiger charge is -2.34. The first kappa shape index (κ1) is 15.4. The van der Waals surface area contributed by atoms with Crippen molar-refractivity contribution in [1.29, 1.82) is 0 Å². The lowest BCUT2D eigenvalue weighted by molar-refractivity contribution is 0.0650. The van der Waals surface area contributed by atoms with Gasteiger partial charge in [-0.05, 0) is 38.2 Å². The molecule has 0 radical (unpaired) electrons. The number of hydrogen-bond acceptors (Lipinski definition) is 2. The van der Waals surface area contributed by atoms with Crippen LogP contribution in [0.1, 0.15) is 43.6 Å². The third kappa shape index (κ3) is 3.36. The Balaban J connectivity index is 2.14. The molecule has 2 unspecified atom stereocenters. The van der Waals surface area contributed by atoms with Crippen molar-refractivity contribution in [3.05, 3.63) is 23.0 Å². The van der Waals surface area contributed by atoms with Crippen LogP contribution in [-0.4, -0.2) is 34.5 Å². The molecule has 0 aromatic carbocycles. The van der Waals surface area contributed by atoms with Crippen molar-refractivity contribution in [2.24, 2.45) is 11.7 Å². The van der Waals surface area contributed by atoms with Crippen molar-refractivity contribution in [2.45, 2.75) is 45.7 Å². The van der Waals surface area contributed by atoms with Crippen LogP contribution in [0.2, 0.25) is 5.02 Å². The highest BCUT2D eigenvalue weighted by molar-refractivity contribution is 6.31. The van der Waals surface area contributed by atoms with Crippen molar-refractivity contribution in [2.75, 3.05) is 13.1 Å². The van der Waals surface area contributed by atoms with Crippen LogP contribution in [0.4, 0.5) is 0 Å². The quantitative estimate of drug-likeness (QED) is 0.929. The highest BCUT2D eigenvalue weighted by Crippen LogP contribution is 2.22. The molecular weight excluding hydrogens is 274 g/mol. The smallest absolute Gasteiger partial charge is 0.270 e. The van der Waals surface area contributed by atoms with Crippen LogP contribution < -0.4 is 5.73 Å². The maximum Gasteiger partial charge on any atom is 0.270 e. The summed E-state index contributed by atoms with van der Waals surface area (Å²) in [4.78, 5) is 14.6. The first-order valence-electron chi connectivity index (χ1n) is 7.43. The molecule has 1 aromatic heterocycles. The Bertz CT molecular complexity index is 470. The summed E-state index contributed by atoms with van der Waals surface area (Å²) in [5.41, 5.74) is 6.68. The van der Waals surface area contributed by atoms with Crippen molar-refractivity contribution in [3.63, 3.8) is 0 Å². The highest BCUT2D eigenvalue weighted by Gasteiger charge is 2.27. The maximum atomic E-state index is 12.7. The molecule has 1 aliphatic rings. The lowest BCUT2D eigenvalue weighted by atomic mass is 9.92. The lowest BCUT2D eigenvalue weighted by Crippen LogP contribution is -2.45. The third-order valence-electron chi connectivity index (χ3n) is 4.04. The zero-order valence-electron chi connectivity index (χ0n) is 12.3. The van der Waals surface area contributed by atoms with Gasteiger partial charge in [0.15, 0.2) is 0 Å². The maximum absolute atomic E-state index is 12.7. The number of amides is 1. The predicted molar refractivity (Wildman–Crippen MR) is 82.0 cm³/mol. The summed E-state index contributed by atoms with van der Waals surface area (Å²) in [6, 6.07) is 1.91. The van der Waals surface area contributed by atoms with E-state index in [1.807, 2.05) is 22.6 Å². The molecule has 2 N–H and O–H groups in total. The summed E-state index contributed by atoms with van der Waals surface area (Å²) < 4.78 is 1.96. The van der Waals surface area contributed by atoms with E-state index >= 15 is 0 Å². The van der Waals surface area contributed by atoms with E-state index in [2.05, 4.69) is 6.92 Å². The van der Waals surface area contributed by atoms with E-state index < -0.39 is 0 Å². The normalized spacial score (nSPS) is 21.0. The van der Waals surface area contributed by atoms with E-state index in [-0.39, 0.29) is 11.9 Å². The Labute approximate surface area is 125 Å². The van der Waals surface area contributed by atoms with E-state index in [9.17, 15) is 4.79 Å². The summed E-state index contributed by atoms with van der Waals surface area (Å²) in [6.07, 6.45) is 4.96. The van der Waals surface area contributed by atoms with Crippen LogP contribution in [0, 0.1) is 5.92 Å². The minimum Gasteiger partial charge on any atom is -0.342 e. The molecule has 2 heterocycles. The van der Waals surface area contributed by atoms with Gasteiger partial charge in [-0.25, -0.2) is 0 Å². The number of hydrogen-bond donors (Lipinski definition) is 1. The third-order valence-corrected chi connectivity index (χ3v) is 4.24. The van der Waals surface area contributed by atoms with Crippen LogP contribution in [0.5, 0.6) is 0 Å². The summed E-state index contributed by atoms with van der Waals surface area (Å²) in [5.74, 6) is 0.480. The minimum absolute atomic E-state index is 0.0794. The average molecular weight is 298 g/mol. The fourth-order valence-electron chi connectivity index (χ4n) is 2.87. The summed E-state index contributed by atoms with van der Waals surface area (Å²) in [6.45, 7) is 6.51. The second-order valence-corrected chi connectivity index (χ2v) is 6.19. The summed E-state index contributed by atoms with van der Waals surface area (Å²) >= 11 is 6.05. The molecule has 1 fully saturated rings.